The molecule has 1 aromatic carbocycles. The van der Waals surface area contributed by atoms with Crippen molar-refractivity contribution in [2.45, 2.75) is 16.8 Å². The van der Waals surface area contributed by atoms with Crippen LogP contribution >= 0.6 is 23.1 Å². The molecule has 2 aromatic heterocycles. The molecule has 18 heavy (non-hydrogen) atoms. The quantitative estimate of drug-likeness (QED) is 0.723. The van der Waals surface area contributed by atoms with Gasteiger partial charge in [0.2, 0.25) is 5.95 Å². The number of hydrogen-bond acceptors (Lipinski definition) is 5. The average molecular weight is 273 g/mol. The number of nitrogen functional groups attached to an aromatic ring is 1. The van der Waals surface area contributed by atoms with E-state index in [0.717, 1.165) is 20.1 Å². The largest absolute Gasteiger partial charge is 0.368 e. The van der Waals surface area contributed by atoms with Crippen LogP contribution in [-0.4, -0.2) is 9.97 Å². The van der Waals surface area contributed by atoms with Crippen molar-refractivity contribution in [2.75, 3.05) is 5.73 Å². The third-order valence-electron chi connectivity index (χ3n) is 2.46. The van der Waals surface area contributed by atoms with Gasteiger partial charge in [0.05, 0.1) is 0 Å². The fourth-order valence-corrected chi connectivity index (χ4v) is 3.58. The molecule has 0 unspecified atom stereocenters. The van der Waals surface area contributed by atoms with Gasteiger partial charge in [-0.25, -0.2) is 9.97 Å². The van der Waals surface area contributed by atoms with Crippen molar-refractivity contribution in [3.8, 4) is 0 Å². The maximum atomic E-state index is 5.76. The molecule has 0 saturated heterocycles. The molecule has 0 fully saturated rings. The van der Waals surface area contributed by atoms with Crippen LogP contribution < -0.4 is 5.73 Å². The van der Waals surface area contributed by atoms with Gasteiger partial charge in [-0.15, -0.1) is 11.3 Å². The number of nitrogens with zero attached hydrogens (tertiary/aromatic N) is 2. The first-order valence-electron chi connectivity index (χ1n) is 5.49. The van der Waals surface area contributed by atoms with E-state index in [-0.39, 0.29) is 0 Å². The van der Waals surface area contributed by atoms with Gasteiger partial charge in [-0.05, 0) is 25.1 Å². The van der Waals surface area contributed by atoms with E-state index in [1.165, 1.54) is 4.88 Å². The summed E-state index contributed by atoms with van der Waals surface area (Å²) in [5.74, 6) is 0.336. The molecule has 3 aromatic rings. The highest BCUT2D eigenvalue weighted by Gasteiger charge is 2.10. The van der Waals surface area contributed by atoms with Gasteiger partial charge in [-0.3, -0.25) is 0 Å². The number of nitrogens with two attached hydrogens (primary N) is 1. The Balaban J connectivity index is 2.10. The van der Waals surface area contributed by atoms with Crippen molar-refractivity contribution >= 4 is 39.3 Å². The lowest BCUT2D eigenvalue weighted by Gasteiger charge is -2.03. The van der Waals surface area contributed by atoms with Crippen LogP contribution in [0.2, 0.25) is 0 Å². The van der Waals surface area contributed by atoms with Crippen LogP contribution in [0.4, 0.5) is 5.95 Å². The van der Waals surface area contributed by atoms with Crippen molar-refractivity contribution in [1.82, 2.24) is 9.97 Å². The van der Waals surface area contributed by atoms with Gasteiger partial charge < -0.3 is 5.73 Å². The van der Waals surface area contributed by atoms with Crippen LogP contribution in [0.1, 0.15) is 4.88 Å². The van der Waals surface area contributed by atoms with Gasteiger partial charge >= 0.3 is 0 Å². The molecule has 0 aliphatic carbocycles. The molecular weight excluding hydrogens is 262 g/mol. The SMILES string of the molecule is Cc1cc2c(Sc3ccccc3)nc(N)nc2s1. The Morgan fingerprint density at radius 3 is 2.72 bits per heavy atom. The fourth-order valence-electron chi connectivity index (χ4n) is 1.71. The Morgan fingerprint density at radius 1 is 1.17 bits per heavy atom. The van der Waals surface area contributed by atoms with Gasteiger partial charge in [0.15, 0.2) is 0 Å². The standard InChI is InChI=1S/C13H11N3S2/c1-8-7-10-11(17-8)15-13(14)16-12(10)18-9-5-3-2-4-6-9/h2-7H,1H3,(H2,14,15,16). The molecule has 0 aliphatic heterocycles. The summed E-state index contributed by atoms with van der Waals surface area (Å²) in [5.41, 5.74) is 5.76. The molecule has 2 heterocycles. The zero-order valence-electron chi connectivity index (χ0n) is 9.75. The molecule has 0 spiro atoms. The Kier molecular flexibility index (Phi) is 2.93. The smallest absolute Gasteiger partial charge is 0.222 e. The van der Waals surface area contributed by atoms with Gasteiger partial charge in [-0.2, -0.15) is 0 Å². The lowest BCUT2D eigenvalue weighted by Crippen LogP contribution is -1.95. The zero-order chi connectivity index (χ0) is 12.5. The average Bonchev–Trinajstić information content (AvgIpc) is 2.71. The molecule has 3 nitrogen and oxygen atoms in total. The molecule has 0 amide bonds. The van der Waals surface area contributed by atoms with Crippen molar-refractivity contribution in [3.63, 3.8) is 0 Å². The second-order valence-corrected chi connectivity index (χ2v) is 6.17. The second-order valence-electron chi connectivity index (χ2n) is 3.88. The second kappa shape index (κ2) is 4.59. The predicted octanol–water partition coefficient (Wildman–Crippen LogP) is 3.73. The number of anilines is 1. The van der Waals surface area contributed by atoms with Gasteiger partial charge in [0.25, 0.3) is 0 Å². The van der Waals surface area contributed by atoms with Crippen LogP contribution in [-0.2, 0) is 0 Å². The summed E-state index contributed by atoms with van der Waals surface area (Å²) in [6.07, 6.45) is 0. The minimum absolute atomic E-state index is 0.336. The molecule has 90 valence electrons. The predicted molar refractivity (Wildman–Crippen MR) is 77.1 cm³/mol. The summed E-state index contributed by atoms with van der Waals surface area (Å²) in [5, 5.41) is 2.01. The Morgan fingerprint density at radius 2 is 1.94 bits per heavy atom. The summed E-state index contributed by atoms with van der Waals surface area (Å²) < 4.78 is 0. The van der Waals surface area contributed by atoms with Gasteiger partial charge in [0, 0.05) is 15.2 Å². The van der Waals surface area contributed by atoms with E-state index < -0.39 is 0 Å². The number of rotatable bonds is 2. The lowest BCUT2D eigenvalue weighted by atomic mass is 10.4. The molecule has 0 bridgehead atoms. The number of aromatic nitrogens is 2. The highest BCUT2D eigenvalue weighted by molar-refractivity contribution is 7.99. The van der Waals surface area contributed by atoms with Crippen LogP contribution in [0.25, 0.3) is 10.2 Å². The van der Waals surface area contributed by atoms with Crippen LogP contribution in [0.15, 0.2) is 46.3 Å². The molecule has 2 N–H and O–H groups in total. The van der Waals surface area contributed by atoms with Crippen molar-refractivity contribution in [1.29, 1.82) is 0 Å². The van der Waals surface area contributed by atoms with E-state index in [9.17, 15) is 0 Å². The molecule has 0 radical (unpaired) electrons. The monoisotopic (exact) mass is 273 g/mol. The maximum absolute atomic E-state index is 5.76. The topological polar surface area (TPSA) is 51.8 Å². The van der Waals surface area contributed by atoms with Gasteiger partial charge in [-0.1, -0.05) is 30.0 Å². The van der Waals surface area contributed by atoms with Crippen molar-refractivity contribution < 1.29 is 0 Å². The summed E-state index contributed by atoms with van der Waals surface area (Å²) in [6, 6.07) is 12.3. The first-order chi connectivity index (χ1) is 8.72. The number of fused-ring (bicyclic) bond motifs is 1. The van der Waals surface area contributed by atoms with E-state index >= 15 is 0 Å². The Labute approximate surface area is 113 Å². The normalized spacial score (nSPS) is 10.9. The van der Waals surface area contributed by atoms with Crippen molar-refractivity contribution in [3.05, 3.63) is 41.3 Å². The third-order valence-corrected chi connectivity index (χ3v) is 4.41. The fraction of sp³-hybridized carbons (Fsp3) is 0.0769. The minimum atomic E-state index is 0.336. The summed E-state index contributed by atoms with van der Waals surface area (Å²) in [7, 11) is 0. The number of hydrogen-bond donors (Lipinski definition) is 1. The summed E-state index contributed by atoms with van der Waals surface area (Å²) >= 11 is 3.27. The Bertz CT molecular complexity index is 692. The molecule has 3 rings (SSSR count). The lowest BCUT2D eigenvalue weighted by molar-refractivity contribution is 1.12. The Hall–Kier alpha value is -1.59. The van der Waals surface area contributed by atoms with E-state index in [0.29, 0.717) is 5.95 Å². The molecule has 0 aliphatic rings. The minimum Gasteiger partial charge on any atom is -0.368 e. The number of aryl methyl sites for hydroxylation is 1. The third kappa shape index (κ3) is 2.19. The number of benzene rings is 1. The number of thiophene rings is 1. The van der Waals surface area contributed by atoms with E-state index in [4.69, 9.17) is 5.73 Å². The highest BCUT2D eigenvalue weighted by atomic mass is 32.2. The first kappa shape index (κ1) is 11.5. The van der Waals surface area contributed by atoms with E-state index in [1.54, 1.807) is 23.1 Å². The molecule has 5 heteroatoms. The molecule has 0 saturated carbocycles. The molecular formula is C13H11N3S2. The molecule has 0 atom stereocenters. The van der Waals surface area contributed by atoms with Gasteiger partial charge in [0.1, 0.15) is 9.86 Å². The van der Waals surface area contributed by atoms with E-state index in [2.05, 4.69) is 35.1 Å². The summed E-state index contributed by atoms with van der Waals surface area (Å²) in [6.45, 7) is 2.07. The van der Waals surface area contributed by atoms with Crippen LogP contribution in [0, 0.1) is 6.92 Å². The van der Waals surface area contributed by atoms with Crippen molar-refractivity contribution in [2.24, 2.45) is 0 Å². The first-order valence-corrected chi connectivity index (χ1v) is 7.12. The highest BCUT2D eigenvalue weighted by Crippen LogP contribution is 2.35. The zero-order valence-corrected chi connectivity index (χ0v) is 11.4. The van der Waals surface area contributed by atoms with Crippen LogP contribution in [0.3, 0.4) is 0 Å². The maximum Gasteiger partial charge on any atom is 0.222 e. The van der Waals surface area contributed by atoms with Crippen LogP contribution in [0.5, 0.6) is 0 Å². The summed E-state index contributed by atoms with van der Waals surface area (Å²) in [4.78, 5) is 11.9. The van der Waals surface area contributed by atoms with E-state index in [1.807, 2.05) is 18.2 Å².